The van der Waals surface area contributed by atoms with Crippen molar-refractivity contribution in [3.8, 4) is 0 Å². The van der Waals surface area contributed by atoms with Crippen LogP contribution in [0.4, 0.5) is 5.69 Å². The van der Waals surface area contributed by atoms with Crippen molar-refractivity contribution in [2.24, 2.45) is 0 Å². The molecule has 0 unspecified atom stereocenters. The highest BCUT2D eigenvalue weighted by molar-refractivity contribution is 5.94. The second-order valence-electron chi connectivity index (χ2n) is 4.01. The van der Waals surface area contributed by atoms with Gasteiger partial charge in [-0.3, -0.25) is 4.79 Å². The number of nitrogens with one attached hydrogen (secondary N) is 2. The second-order valence-corrected chi connectivity index (χ2v) is 4.01. The van der Waals surface area contributed by atoms with Crippen LogP contribution >= 0.6 is 0 Å². The first kappa shape index (κ1) is 13.6. The Bertz CT molecular complexity index is 374. The summed E-state index contributed by atoms with van der Waals surface area (Å²) in [7, 11) is 0. The van der Waals surface area contributed by atoms with Gasteiger partial charge in [0.25, 0.3) is 5.91 Å². The van der Waals surface area contributed by atoms with Gasteiger partial charge in [-0.1, -0.05) is 13.8 Å². The minimum Gasteiger partial charge on any atom is -0.385 e. The summed E-state index contributed by atoms with van der Waals surface area (Å²) in [5, 5.41) is 6.20. The zero-order chi connectivity index (χ0) is 12.7. The molecule has 0 radical (unpaired) electrons. The van der Waals surface area contributed by atoms with Crippen LogP contribution in [-0.2, 0) is 6.42 Å². The summed E-state index contributed by atoms with van der Waals surface area (Å²) in [6, 6.07) is 5.85. The van der Waals surface area contributed by atoms with Crippen LogP contribution in [0.5, 0.6) is 0 Å². The van der Waals surface area contributed by atoms with Crippen LogP contribution in [0, 0.1) is 0 Å². The second kappa shape index (κ2) is 6.94. The van der Waals surface area contributed by atoms with Gasteiger partial charge in [-0.15, -0.1) is 0 Å². The summed E-state index contributed by atoms with van der Waals surface area (Å²) in [5.41, 5.74) is 3.08. The standard InChI is InChI=1S/C14H22N2O/c1-4-9-16-13-8-7-12(10-11(13)5-2)14(17)15-6-3/h7-8,10,16H,4-6,9H2,1-3H3,(H,15,17). The van der Waals surface area contributed by atoms with Gasteiger partial charge < -0.3 is 10.6 Å². The molecule has 0 atom stereocenters. The van der Waals surface area contributed by atoms with Gasteiger partial charge in [0, 0.05) is 24.3 Å². The molecule has 0 aromatic heterocycles. The van der Waals surface area contributed by atoms with E-state index in [4.69, 9.17) is 0 Å². The fourth-order valence-corrected chi connectivity index (χ4v) is 1.72. The molecule has 1 amide bonds. The van der Waals surface area contributed by atoms with Crippen molar-refractivity contribution < 1.29 is 4.79 Å². The van der Waals surface area contributed by atoms with Crippen LogP contribution < -0.4 is 10.6 Å². The number of carbonyl (C=O) groups excluding carboxylic acids is 1. The predicted octanol–water partition coefficient (Wildman–Crippen LogP) is 2.82. The van der Waals surface area contributed by atoms with Crippen molar-refractivity contribution in [2.75, 3.05) is 18.4 Å². The fraction of sp³-hybridized carbons (Fsp3) is 0.500. The highest BCUT2D eigenvalue weighted by Crippen LogP contribution is 2.18. The largest absolute Gasteiger partial charge is 0.385 e. The van der Waals surface area contributed by atoms with Gasteiger partial charge in [-0.25, -0.2) is 0 Å². The number of rotatable bonds is 6. The Morgan fingerprint density at radius 2 is 2.00 bits per heavy atom. The van der Waals surface area contributed by atoms with Gasteiger partial charge in [-0.05, 0) is 43.5 Å². The summed E-state index contributed by atoms with van der Waals surface area (Å²) < 4.78 is 0. The highest BCUT2D eigenvalue weighted by atomic mass is 16.1. The third kappa shape index (κ3) is 3.77. The Morgan fingerprint density at radius 3 is 2.59 bits per heavy atom. The number of carbonyl (C=O) groups is 1. The Hall–Kier alpha value is -1.51. The topological polar surface area (TPSA) is 41.1 Å². The van der Waals surface area contributed by atoms with Gasteiger partial charge in [0.2, 0.25) is 0 Å². The molecule has 17 heavy (non-hydrogen) atoms. The number of hydrogen-bond acceptors (Lipinski definition) is 2. The molecule has 0 spiro atoms. The highest BCUT2D eigenvalue weighted by Gasteiger charge is 2.07. The molecule has 1 aromatic carbocycles. The smallest absolute Gasteiger partial charge is 0.251 e. The molecule has 1 aromatic rings. The van der Waals surface area contributed by atoms with Gasteiger partial charge in [0.1, 0.15) is 0 Å². The average Bonchev–Trinajstić information content (AvgIpc) is 2.36. The number of aryl methyl sites for hydroxylation is 1. The molecule has 2 N–H and O–H groups in total. The zero-order valence-corrected chi connectivity index (χ0v) is 11.0. The maximum Gasteiger partial charge on any atom is 0.251 e. The molecule has 0 fully saturated rings. The minimum absolute atomic E-state index is 0.00393. The quantitative estimate of drug-likeness (QED) is 0.794. The Labute approximate surface area is 104 Å². The third-order valence-electron chi connectivity index (χ3n) is 2.65. The molecule has 0 saturated carbocycles. The first-order valence-electron chi connectivity index (χ1n) is 6.37. The molecule has 94 valence electrons. The molecule has 3 nitrogen and oxygen atoms in total. The molecule has 0 heterocycles. The molecular formula is C14H22N2O. The molecule has 0 saturated heterocycles. The SMILES string of the molecule is CCCNc1ccc(C(=O)NCC)cc1CC. The monoisotopic (exact) mass is 234 g/mol. The lowest BCUT2D eigenvalue weighted by Gasteiger charge is -2.12. The molecule has 0 aliphatic heterocycles. The average molecular weight is 234 g/mol. The molecular weight excluding hydrogens is 212 g/mol. The lowest BCUT2D eigenvalue weighted by Crippen LogP contribution is -2.22. The van der Waals surface area contributed by atoms with Gasteiger partial charge >= 0.3 is 0 Å². The van der Waals surface area contributed by atoms with Gasteiger partial charge in [0.05, 0.1) is 0 Å². The van der Waals surface area contributed by atoms with Crippen molar-refractivity contribution in [3.63, 3.8) is 0 Å². The third-order valence-corrected chi connectivity index (χ3v) is 2.65. The van der Waals surface area contributed by atoms with Crippen LogP contribution in [0.15, 0.2) is 18.2 Å². The van der Waals surface area contributed by atoms with Crippen LogP contribution in [0.25, 0.3) is 0 Å². The first-order chi connectivity index (χ1) is 8.22. The van der Waals surface area contributed by atoms with E-state index >= 15 is 0 Å². The van der Waals surface area contributed by atoms with E-state index < -0.39 is 0 Å². The van der Waals surface area contributed by atoms with Crippen molar-refractivity contribution in [2.45, 2.75) is 33.6 Å². The van der Waals surface area contributed by atoms with E-state index in [0.717, 1.165) is 30.6 Å². The summed E-state index contributed by atoms with van der Waals surface area (Å²) >= 11 is 0. The van der Waals surface area contributed by atoms with Crippen LogP contribution in [0.1, 0.15) is 43.1 Å². The maximum absolute atomic E-state index is 11.7. The van der Waals surface area contributed by atoms with E-state index in [9.17, 15) is 4.79 Å². The normalized spacial score (nSPS) is 10.1. The lowest BCUT2D eigenvalue weighted by atomic mass is 10.1. The number of hydrogen-bond donors (Lipinski definition) is 2. The lowest BCUT2D eigenvalue weighted by molar-refractivity contribution is 0.0956. The fourth-order valence-electron chi connectivity index (χ4n) is 1.72. The van der Waals surface area contributed by atoms with Crippen LogP contribution in [-0.4, -0.2) is 19.0 Å². The van der Waals surface area contributed by atoms with E-state index in [-0.39, 0.29) is 5.91 Å². The first-order valence-corrected chi connectivity index (χ1v) is 6.37. The van der Waals surface area contributed by atoms with Crippen molar-refractivity contribution >= 4 is 11.6 Å². The van der Waals surface area contributed by atoms with E-state index in [1.165, 1.54) is 5.56 Å². The van der Waals surface area contributed by atoms with Crippen molar-refractivity contribution in [1.82, 2.24) is 5.32 Å². The molecule has 0 bridgehead atoms. The van der Waals surface area contributed by atoms with Crippen molar-refractivity contribution in [3.05, 3.63) is 29.3 Å². The Balaban J connectivity index is 2.87. The number of amides is 1. The molecule has 1 rings (SSSR count). The summed E-state index contributed by atoms with van der Waals surface area (Å²) in [6.07, 6.45) is 2.03. The maximum atomic E-state index is 11.7. The van der Waals surface area contributed by atoms with E-state index in [1.54, 1.807) is 0 Å². The zero-order valence-electron chi connectivity index (χ0n) is 11.0. The summed E-state index contributed by atoms with van der Waals surface area (Å²) in [5.74, 6) is 0.00393. The molecule has 0 aliphatic carbocycles. The Kier molecular flexibility index (Phi) is 5.53. The predicted molar refractivity (Wildman–Crippen MR) is 72.6 cm³/mol. The number of benzene rings is 1. The summed E-state index contributed by atoms with van der Waals surface area (Å²) in [4.78, 5) is 11.7. The van der Waals surface area contributed by atoms with E-state index in [1.807, 2.05) is 25.1 Å². The summed E-state index contributed by atoms with van der Waals surface area (Å²) in [6.45, 7) is 7.80. The minimum atomic E-state index is 0.00393. The molecule has 3 heteroatoms. The molecule has 0 aliphatic rings. The van der Waals surface area contributed by atoms with Crippen LogP contribution in [0.3, 0.4) is 0 Å². The van der Waals surface area contributed by atoms with Gasteiger partial charge in [-0.2, -0.15) is 0 Å². The van der Waals surface area contributed by atoms with E-state index in [0.29, 0.717) is 6.54 Å². The van der Waals surface area contributed by atoms with Crippen molar-refractivity contribution in [1.29, 1.82) is 0 Å². The van der Waals surface area contributed by atoms with E-state index in [2.05, 4.69) is 24.5 Å². The Morgan fingerprint density at radius 1 is 1.24 bits per heavy atom. The van der Waals surface area contributed by atoms with Gasteiger partial charge in [0.15, 0.2) is 0 Å². The number of anilines is 1. The van der Waals surface area contributed by atoms with Crippen LogP contribution in [0.2, 0.25) is 0 Å².